The Morgan fingerprint density at radius 3 is 2.56 bits per heavy atom. The number of hydroxylamine groups is 1. The quantitative estimate of drug-likeness (QED) is 0.271. The number of carbonyl (C=O) groups is 2. The number of aromatic nitrogens is 1. The standard InChI is InChI=1S/C25H27N3O5S/c1-17-14-19(21-4-2-3-5-22(21)26-17)16-33-20-8-6-18(7-9-20)24(30)27-25(15-23(29)28-31)10-12-34(32)13-11-25/h2-9,14,31H,10-13,15-16H2,1H3,(H,27,30)(H,28,29). The molecule has 178 valence electrons. The monoisotopic (exact) mass is 481 g/mol. The zero-order valence-corrected chi connectivity index (χ0v) is 19.7. The van der Waals surface area contributed by atoms with Gasteiger partial charge in [-0.2, -0.15) is 0 Å². The van der Waals surface area contributed by atoms with Crippen LogP contribution in [0.1, 0.15) is 40.9 Å². The average Bonchev–Trinajstić information content (AvgIpc) is 2.84. The van der Waals surface area contributed by atoms with Crippen molar-refractivity contribution in [3.63, 3.8) is 0 Å². The molecule has 2 heterocycles. The van der Waals surface area contributed by atoms with Gasteiger partial charge in [-0.05, 0) is 43.3 Å². The van der Waals surface area contributed by atoms with Gasteiger partial charge < -0.3 is 14.6 Å². The Balaban J connectivity index is 1.43. The van der Waals surface area contributed by atoms with Crippen LogP contribution in [0.15, 0.2) is 54.6 Å². The van der Waals surface area contributed by atoms with E-state index < -0.39 is 22.6 Å². The lowest BCUT2D eigenvalue weighted by Gasteiger charge is -2.37. The number of pyridine rings is 1. The number of para-hydroxylation sites is 1. The Morgan fingerprint density at radius 1 is 1.15 bits per heavy atom. The SMILES string of the molecule is Cc1cc(COc2ccc(C(=O)NC3(CC(=O)NO)CC[S+]([O-])CC3)cc2)c2ccccc2n1. The smallest absolute Gasteiger partial charge is 0.251 e. The number of nitrogens with zero attached hydrogens (tertiary/aromatic N) is 1. The van der Waals surface area contributed by atoms with E-state index in [4.69, 9.17) is 9.94 Å². The summed E-state index contributed by atoms with van der Waals surface area (Å²) in [5.41, 5.74) is 4.08. The van der Waals surface area contributed by atoms with E-state index in [2.05, 4.69) is 10.3 Å². The molecule has 2 aromatic carbocycles. The third kappa shape index (κ3) is 5.67. The van der Waals surface area contributed by atoms with E-state index >= 15 is 0 Å². The van der Waals surface area contributed by atoms with Gasteiger partial charge in [-0.15, -0.1) is 0 Å². The van der Waals surface area contributed by atoms with Crippen LogP contribution < -0.4 is 15.5 Å². The second-order valence-corrected chi connectivity index (χ2v) is 10.2. The predicted octanol–water partition coefficient (Wildman–Crippen LogP) is 3.03. The van der Waals surface area contributed by atoms with E-state index in [0.717, 1.165) is 22.2 Å². The lowest BCUT2D eigenvalue weighted by Crippen LogP contribution is -2.55. The van der Waals surface area contributed by atoms with Crippen LogP contribution in [0.4, 0.5) is 0 Å². The maximum atomic E-state index is 12.9. The van der Waals surface area contributed by atoms with E-state index in [1.807, 2.05) is 37.3 Å². The number of benzene rings is 2. The Kier molecular flexibility index (Phi) is 7.35. The summed E-state index contributed by atoms with van der Waals surface area (Å²) in [5, 5.41) is 12.9. The highest BCUT2D eigenvalue weighted by atomic mass is 32.2. The lowest BCUT2D eigenvalue weighted by atomic mass is 9.87. The molecule has 0 saturated carbocycles. The minimum atomic E-state index is -0.961. The molecule has 1 saturated heterocycles. The maximum absolute atomic E-state index is 12.9. The molecular weight excluding hydrogens is 454 g/mol. The summed E-state index contributed by atoms with van der Waals surface area (Å²) in [6, 6.07) is 16.7. The molecule has 8 nitrogen and oxygen atoms in total. The Bertz CT molecular complexity index is 1180. The largest absolute Gasteiger partial charge is 0.616 e. The van der Waals surface area contributed by atoms with Gasteiger partial charge in [0.1, 0.15) is 23.9 Å². The number of hydrogen-bond acceptors (Lipinski definition) is 6. The number of amides is 2. The van der Waals surface area contributed by atoms with Crippen molar-refractivity contribution in [1.29, 1.82) is 0 Å². The van der Waals surface area contributed by atoms with E-state index in [0.29, 0.717) is 42.3 Å². The Hall–Kier alpha value is -3.14. The summed E-state index contributed by atoms with van der Waals surface area (Å²) in [7, 11) is 0. The van der Waals surface area contributed by atoms with E-state index in [1.54, 1.807) is 29.7 Å². The van der Waals surface area contributed by atoms with Crippen molar-refractivity contribution >= 4 is 33.9 Å². The molecule has 0 aliphatic carbocycles. The zero-order chi connectivity index (χ0) is 24.1. The van der Waals surface area contributed by atoms with E-state index in [-0.39, 0.29) is 12.3 Å². The van der Waals surface area contributed by atoms with E-state index in [9.17, 15) is 14.1 Å². The summed E-state index contributed by atoms with van der Waals surface area (Å²) < 4.78 is 17.8. The molecule has 1 aliphatic rings. The van der Waals surface area contributed by atoms with Crippen molar-refractivity contribution in [3.05, 3.63) is 71.4 Å². The van der Waals surface area contributed by atoms with Gasteiger partial charge in [-0.25, -0.2) is 5.48 Å². The van der Waals surface area contributed by atoms with E-state index in [1.165, 1.54) is 0 Å². The third-order valence-corrected chi connectivity index (χ3v) is 7.38. The molecule has 1 aliphatic heterocycles. The van der Waals surface area contributed by atoms with Gasteiger partial charge in [0.05, 0.1) is 17.5 Å². The first-order valence-electron chi connectivity index (χ1n) is 11.1. The molecule has 34 heavy (non-hydrogen) atoms. The molecule has 0 radical (unpaired) electrons. The van der Waals surface area contributed by atoms with Gasteiger partial charge >= 0.3 is 0 Å². The summed E-state index contributed by atoms with van der Waals surface area (Å²) in [6.07, 6.45) is 0.728. The number of nitrogens with one attached hydrogen (secondary N) is 2. The molecule has 1 fully saturated rings. The summed E-state index contributed by atoms with van der Waals surface area (Å²) >= 11 is -0.961. The minimum Gasteiger partial charge on any atom is -0.616 e. The number of hydrogen-bond donors (Lipinski definition) is 3. The topological polar surface area (TPSA) is 124 Å². The fraction of sp³-hybridized carbons (Fsp3) is 0.320. The predicted molar refractivity (Wildman–Crippen MR) is 129 cm³/mol. The fourth-order valence-corrected chi connectivity index (χ4v) is 5.67. The molecule has 0 bridgehead atoms. The van der Waals surface area contributed by atoms with Crippen molar-refractivity contribution in [2.45, 2.75) is 38.3 Å². The van der Waals surface area contributed by atoms with Crippen molar-refractivity contribution in [2.24, 2.45) is 0 Å². The number of aryl methyl sites for hydroxylation is 1. The van der Waals surface area contributed by atoms with Gasteiger partial charge in [0.2, 0.25) is 5.91 Å². The number of carbonyl (C=O) groups excluding carboxylic acids is 2. The van der Waals surface area contributed by atoms with Gasteiger partial charge in [-0.1, -0.05) is 29.4 Å². The first-order chi connectivity index (χ1) is 16.4. The van der Waals surface area contributed by atoms with Crippen LogP contribution in [0.5, 0.6) is 5.75 Å². The summed E-state index contributed by atoms with van der Waals surface area (Å²) in [6.45, 7) is 2.32. The Labute approximate surface area is 200 Å². The summed E-state index contributed by atoms with van der Waals surface area (Å²) in [5.74, 6) is 0.498. The number of rotatable bonds is 7. The van der Waals surface area contributed by atoms with Crippen LogP contribution in [-0.2, 0) is 22.6 Å². The molecule has 4 rings (SSSR count). The molecule has 2 amide bonds. The highest BCUT2D eigenvalue weighted by Crippen LogP contribution is 2.28. The number of fused-ring (bicyclic) bond motifs is 1. The zero-order valence-electron chi connectivity index (χ0n) is 18.9. The normalized spacial score (nSPS) is 20.0. The van der Waals surface area contributed by atoms with Crippen LogP contribution in [-0.4, -0.2) is 43.6 Å². The lowest BCUT2D eigenvalue weighted by molar-refractivity contribution is -0.130. The molecule has 0 spiro atoms. The first kappa shape index (κ1) is 24.0. The number of ether oxygens (including phenoxy) is 1. The van der Waals surface area contributed by atoms with Crippen molar-refractivity contribution in [2.75, 3.05) is 11.5 Å². The summed E-state index contributed by atoms with van der Waals surface area (Å²) in [4.78, 5) is 29.3. The third-order valence-electron chi connectivity index (χ3n) is 6.06. The average molecular weight is 482 g/mol. The van der Waals surface area contributed by atoms with Crippen LogP contribution >= 0.6 is 0 Å². The fourth-order valence-electron chi connectivity index (χ4n) is 4.23. The van der Waals surface area contributed by atoms with Crippen molar-refractivity contribution < 1.29 is 24.1 Å². The molecular formula is C25H27N3O5S. The Morgan fingerprint density at radius 2 is 1.85 bits per heavy atom. The molecule has 0 atom stereocenters. The van der Waals surface area contributed by atoms with Crippen LogP contribution in [0.25, 0.3) is 10.9 Å². The molecule has 3 N–H and O–H groups in total. The molecule has 9 heteroatoms. The highest BCUT2D eigenvalue weighted by molar-refractivity contribution is 7.91. The van der Waals surface area contributed by atoms with Gasteiger partial charge in [0, 0.05) is 35.0 Å². The first-order valence-corrected chi connectivity index (χ1v) is 12.5. The highest BCUT2D eigenvalue weighted by Gasteiger charge is 2.40. The molecule has 0 unspecified atom stereocenters. The van der Waals surface area contributed by atoms with Crippen LogP contribution in [0.3, 0.4) is 0 Å². The second-order valence-electron chi connectivity index (χ2n) is 8.55. The van der Waals surface area contributed by atoms with Gasteiger partial charge in [-0.3, -0.25) is 19.8 Å². The van der Waals surface area contributed by atoms with Gasteiger partial charge in [0.15, 0.2) is 0 Å². The second kappa shape index (κ2) is 10.4. The molecule has 1 aromatic heterocycles. The van der Waals surface area contributed by atoms with Crippen molar-refractivity contribution in [1.82, 2.24) is 15.8 Å². The van der Waals surface area contributed by atoms with Crippen molar-refractivity contribution in [3.8, 4) is 5.75 Å². The molecule has 3 aromatic rings. The van der Waals surface area contributed by atoms with Gasteiger partial charge in [0.25, 0.3) is 5.91 Å². The minimum absolute atomic E-state index is 0.0764. The maximum Gasteiger partial charge on any atom is 0.251 e. The van der Waals surface area contributed by atoms with Crippen LogP contribution in [0.2, 0.25) is 0 Å². The van der Waals surface area contributed by atoms with Crippen LogP contribution in [0, 0.1) is 6.92 Å².